The zero-order valence-corrected chi connectivity index (χ0v) is 16.2. The van der Waals surface area contributed by atoms with E-state index in [0.717, 1.165) is 4.90 Å². The van der Waals surface area contributed by atoms with Crippen LogP contribution >= 0.6 is 11.8 Å². The van der Waals surface area contributed by atoms with Gasteiger partial charge in [-0.25, -0.2) is 9.59 Å². The molecule has 7 heteroatoms. The molecule has 0 aliphatic carbocycles. The van der Waals surface area contributed by atoms with Crippen LogP contribution in [-0.4, -0.2) is 42.2 Å². The minimum Gasteiger partial charge on any atom is -0.465 e. The van der Waals surface area contributed by atoms with E-state index in [-0.39, 0.29) is 5.69 Å². The number of rotatable bonds is 6. The first-order valence-corrected chi connectivity index (χ1v) is 9.19. The molecule has 0 amide bonds. The summed E-state index contributed by atoms with van der Waals surface area (Å²) in [5.41, 5.74) is 1.94. The summed E-state index contributed by atoms with van der Waals surface area (Å²) in [6.45, 7) is 4.84. The van der Waals surface area contributed by atoms with Gasteiger partial charge in [0.05, 0.1) is 23.9 Å². The van der Waals surface area contributed by atoms with Crippen molar-refractivity contribution >= 4 is 29.5 Å². The van der Waals surface area contributed by atoms with Crippen molar-refractivity contribution in [2.45, 2.75) is 31.8 Å². The number of hydrogen-bond acceptors (Lipinski definition) is 6. The third kappa shape index (κ3) is 3.99. The summed E-state index contributed by atoms with van der Waals surface area (Å²) < 4.78 is 10.0. The first-order valence-electron chi connectivity index (χ1n) is 7.96. The van der Waals surface area contributed by atoms with Gasteiger partial charge in [0.1, 0.15) is 0 Å². The number of aromatic amines is 1. The molecule has 0 saturated carbocycles. The molecule has 6 nitrogen and oxygen atoms in total. The molecule has 2 aromatic rings. The zero-order valence-electron chi connectivity index (χ0n) is 15.3. The van der Waals surface area contributed by atoms with Crippen molar-refractivity contribution in [2.75, 3.05) is 13.4 Å². The lowest BCUT2D eigenvalue weighted by Crippen LogP contribution is -2.25. The molecule has 26 heavy (non-hydrogen) atoms. The van der Waals surface area contributed by atoms with Crippen LogP contribution in [0.1, 0.15) is 49.4 Å². The Morgan fingerprint density at radius 3 is 2.23 bits per heavy atom. The van der Waals surface area contributed by atoms with Crippen LogP contribution < -0.4 is 0 Å². The number of esters is 2. The molecular formula is C19H21NO5S. The number of aryl methyl sites for hydroxylation is 1. The van der Waals surface area contributed by atoms with Gasteiger partial charge in [-0.15, -0.1) is 11.8 Å². The SMILES string of the molecule is COC(=O)c1c(C)[nH]c(C(=O)[C@@H](C)OC(=O)c2ccc(SC)cc2)c1C. The Labute approximate surface area is 156 Å². The van der Waals surface area contributed by atoms with E-state index in [9.17, 15) is 14.4 Å². The molecule has 1 aromatic carbocycles. The number of H-pyrrole nitrogens is 1. The quantitative estimate of drug-likeness (QED) is 0.472. The van der Waals surface area contributed by atoms with Crippen molar-refractivity contribution in [3.63, 3.8) is 0 Å². The van der Waals surface area contributed by atoms with Gasteiger partial charge in [0.25, 0.3) is 0 Å². The number of Topliss-reactive ketones (excluding diaryl/α,β-unsaturated/α-hetero) is 1. The number of benzene rings is 1. The maximum absolute atomic E-state index is 12.6. The van der Waals surface area contributed by atoms with Crippen molar-refractivity contribution in [1.29, 1.82) is 0 Å². The van der Waals surface area contributed by atoms with Crippen molar-refractivity contribution in [1.82, 2.24) is 4.98 Å². The highest BCUT2D eigenvalue weighted by Crippen LogP contribution is 2.21. The van der Waals surface area contributed by atoms with Crippen LogP contribution in [0.3, 0.4) is 0 Å². The summed E-state index contributed by atoms with van der Waals surface area (Å²) in [7, 11) is 1.28. The Bertz CT molecular complexity index is 838. The van der Waals surface area contributed by atoms with E-state index in [1.54, 1.807) is 37.7 Å². The van der Waals surface area contributed by atoms with E-state index in [4.69, 9.17) is 9.47 Å². The minimum absolute atomic E-state index is 0.237. The van der Waals surface area contributed by atoms with Gasteiger partial charge >= 0.3 is 11.9 Å². The Hall–Kier alpha value is -2.54. The molecule has 0 spiro atoms. The summed E-state index contributed by atoms with van der Waals surface area (Å²) in [5, 5.41) is 0. The number of aromatic nitrogens is 1. The van der Waals surface area contributed by atoms with Crippen molar-refractivity contribution in [2.24, 2.45) is 0 Å². The van der Waals surface area contributed by atoms with Gasteiger partial charge in [0.2, 0.25) is 5.78 Å². The molecule has 0 aliphatic heterocycles. The van der Waals surface area contributed by atoms with E-state index in [1.165, 1.54) is 14.0 Å². The second-order valence-electron chi connectivity index (χ2n) is 5.76. The molecule has 1 atom stereocenters. The molecule has 1 N–H and O–H groups in total. The number of hydrogen-bond donors (Lipinski definition) is 1. The lowest BCUT2D eigenvalue weighted by Gasteiger charge is -2.12. The fourth-order valence-corrected chi connectivity index (χ4v) is 3.03. The number of methoxy groups -OCH3 is 1. The van der Waals surface area contributed by atoms with Crippen LogP contribution in [0.5, 0.6) is 0 Å². The molecule has 1 heterocycles. The largest absolute Gasteiger partial charge is 0.465 e. The second-order valence-corrected chi connectivity index (χ2v) is 6.64. The normalized spacial score (nSPS) is 11.7. The highest BCUT2D eigenvalue weighted by molar-refractivity contribution is 7.98. The van der Waals surface area contributed by atoms with E-state index in [1.807, 2.05) is 18.4 Å². The van der Waals surface area contributed by atoms with Gasteiger partial charge in [-0.1, -0.05) is 0 Å². The van der Waals surface area contributed by atoms with Gasteiger partial charge in [0, 0.05) is 10.6 Å². The van der Waals surface area contributed by atoms with Gasteiger partial charge in [0.15, 0.2) is 6.10 Å². The van der Waals surface area contributed by atoms with E-state index >= 15 is 0 Å². The van der Waals surface area contributed by atoms with E-state index < -0.39 is 23.8 Å². The maximum atomic E-state index is 12.6. The first-order chi connectivity index (χ1) is 12.3. The average Bonchev–Trinajstić information content (AvgIpc) is 2.94. The monoisotopic (exact) mass is 375 g/mol. The third-order valence-corrected chi connectivity index (χ3v) is 4.80. The predicted octanol–water partition coefficient (Wildman–Crippen LogP) is 3.57. The summed E-state index contributed by atoms with van der Waals surface area (Å²) in [6.07, 6.45) is 0.946. The van der Waals surface area contributed by atoms with Gasteiger partial charge in [-0.2, -0.15) is 0 Å². The summed E-state index contributed by atoms with van der Waals surface area (Å²) in [4.78, 5) is 40.6. The molecular weight excluding hydrogens is 354 g/mol. The topological polar surface area (TPSA) is 85.5 Å². The van der Waals surface area contributed by atoms with Gasteiger partial charge < -0.3 is 14.5 Å². The lowest BCUT2D eigenvalue weighted by atomic mass is 10.1. The molecule has 138 valence electrons. The van der Waals surface area contributed by atoms with Crippen molar-refractivity contribution in [3.05, 3.63) is 52.3 Å². The minimum atomic E-state index is -0.995. The highest BCUT2D eigenvalue weighted by Gasteiger charge is 2.27. The molecule has 1 aromatic heterocycles. The summed E-state index contributed by atoms with van der Waals surface area (Å²) >= 11 is 1.57. The Kier molecular flexibility index (Phi) is 6.26. The Morgan fingerprint density at radius 1 is 1.08 bits per heavy atom. The summed E-state index contributed by atoms with van der Waals surface area (Å²) in [5.74, 6) is -1.50. The molecule has 0 unspecified atom stereocenters. The third-order valence-electron chi connectivity index (χ3n) is 4.05. The van der Waals surface area contributed by atoms with Crippen LogP contribution in [-0.2, 0) is 9.47 Å². The molecule has 0 saturated heterocycles. The zero-order chi connectivity index (χ0) is 19.4. The predicted molar refractivity (Wildman–Crippen MR) is 99.0 cm³/mol. The number of ketones is 1. The van der Waals surface area contributed by atoms with E-state index in [0.29, 0.717) is 22.4 Å². The first kappa shape index (κ1) is 19.8. The maximum Gasteiger partial charge on any atom is 0.339 e. The fraction of sp³-hybridized carbons (Fsp3) is 0.316. The molecule has 0 fully saturated rings. The molecule has 0 aliphatic rings. The van der Waals surface area contributed by atoms with E-state index in [2.05, 4.69) is 4.98 Å². The molecule has 2 rings (SSSR count). The summed E-state index contributed by atoms with van der Waals surface area (Å²) in [6, 6.07) is 6.94. The second kappa shape index (κ2) is 8.23. The van der Waals surface area contributed by atoms with Gasteiger partial charge in [-0.05, 0) is 56.9 Å². The number of thioether (sulfide) groups is 1. The van der Waals surface area contributed by atoms with Crippen LogP contribution in [0, 0.1) is 13.8 Å². The lowest BCUT2D eigenvalue weighted by molar-refractivity contribution is 0.0316. The standard InChI is InChI=1S/C19H21NO5S/c1-10-15(19(23)24-4)11(2)20-16(10)17(21)12(3)25-18(22)13-6-8-14(26-5)9-7-13/h6-9,12,20H,1-5H3/t12-/m1/s1. The Morgan fingerprint density at radius 2 is 1.69 bits per heavy atom. The molecule has 0 radical (unpaired) electrons. The van der Waals surface area contributed by atoms with Crippen LogP contribution in [0.2, 0.25) is 0 Å². The number of carbonyl (C=O) groups is 3. The highest BCUT2D eigenvalue weighted by atomic mass is 32.2. The van der Waals surface area contributed by atoms with Crippen molar-refractivity contribution < 1.29 is 23.9 Å². The number of ether oxygens (including phenoxy) is 2. The molecule has 0 bridgehead atoms. The van der Waals surface area contributed by atoms with Crippen LogP contribution in [0.15, 0.2) is 29.2 Å². The smallest absolute Gasteiger partial charge is 0.339 e. The van der Waals surface area contributed by atoms with Crippen LogP contribution in [0.25, 0.3) is 0 Å². The number of nitrogens with one attached hydrogen (secondary N) is 1. The van der Waals surface area contributed by atoms with Crippen molar-refractivity contribution in [3.8, 4) is 0 Å². The average molecular weight is 375 g/mol. The van der Waals surface area contributed by atoms with Crippen LogP contribution in [0.4, 0.5) is 0 Å². The number of carbonyl (C=O) groups excluding carboxylic acids is 3. The van der Waals surface area contributed by atoms with Gasteiger partial charge in [-0.3, -0.25) is 4.79 Å². The Balaban J connectivity index is 2.16. The fourth-order valence-electron chi connectivity index (χ4n) is 2.62.